The van der Waals surface area contributed by atoms with E-state index in [1.807, 2.05) is 24.5 Å². The van der Waals surface area contributed by atoms with E-state index < -0.39 is 0 Å². The van der Waals surface area contributed by atoms with E-state index in [-0.39, 0.29) is 0 Å². The Morgan fingerprint density at radius 1 is 0.800 bits per heavy atom. The van der Waals surface area contributed by atoms with Crippen LogP contribution < -0.4 is 0 Å². The number of hydrogen-bond donors (Lipinski definition) is 0. The van der Waals surface area contributed by atoms with Crippen LogP contribution in [0.3, 0.4) is 0 Å². The molecule has 20 heavy (non-hydrogen) atoms. The Kier molecular flexibility index (Phi) is 4.35. The van der Waals surface area contributed by atoms with Crippen molar-refractivity contribution in [2.24, 2.45) is 0 Å². The summed E-state index contributed by atoms with van der Waals surface area (Å²) in [6.45, 7) is 5.15. The van der Waals surface area contributed by atoms with Gasteiger partial charge in [0.1, 0.15) is 0 Å². The highest BCUT2D eigenvalue weighted by Crippen LogP contribution is 2.12. The van der Waals surface area contributed by atoms with Gasteiger partial charge in [0.25, 0.3) is 0 Å². The third-order valence-corrected chi connectivity index (χ3v) is 3.57. The van der Waals surface area contributed by atoms with Gasteiger partial charge in [0.2, 0.25) is 0 Å². The zero-order chi connectivity index (χ0) is 13.6. The maximum absolute atomic E-state index is 4.41. The van der Waals surface area contributed by atoms with Gasteiger partial charge in [-0.3, -0.25) is 19.8 Å². The van der Waals surface area contributed by atoms with Crippen LogP contribution in [0.25, 0.3) is 0 Å². The van der Waals surface area contributed by atoms with E-state index in [4.69, 9.17) is 0 Å². The minimum absolute atomic E-state index is 0.930. The quantitative estimate of drug-likeness (QED) is 0.850. The number of nitrogens with zero attached hydrogens (tertiary/aromatic N) is 4. The molecule has 3 rings (SSSR count). The van der Waals surface area contributed by atoms with Crippen LogP contribution in [0.5, 0.6) is 0 Å². The van der Waals surface area contributed by atoms with Gasteiger partial charge in [-0.05, 0) is 30.7 Å². The standard InChI is InChI=1S/C16H20N4/c1-3-8-17-15(6-1)12-19-10-5-11-20(14-19)13-16-7-2-4-9-18-16/h1-4,6-9H,5,10-14H2. The van der Waals surface area contributed by atoms with Crippen LogP contribution in [-0.4, -0.2) is 39.5 Å². The Bertz CT molecular complexity index is 467. The smallest absolute Gasteiger partial charge is 0.0544 e. The largest absolute Gasteiger partial charge is 0.285 e. The maximum atomic E-state index is 4.41. The summed E-state index contributed by atoms with van der Waals surface area (Å²) < 4.78 is 0. The summed E-state index contributed by atoms with van der Waals surface area (Å²) in [4.78, 5) is 13.7. The zero-order valence-corrected chi connectivity index (χ0v) is 11.7. The summed E-state index contributed by atoms with van der Waals surface area (Å²) >= 11 is 0. The van der Waals surface area contributed by atoms with Gasteiger partial charge >= 0.3 is 0 Å². The second-order valence-electron chi connectivity index (χ2n) is 5.24. The molecule has 1 aliphatic rings. The van der Waals surface area contributed by atoms with Crippen molar-refractivity contribution in [3.05, 3.63) is 60.2 Å². The lowest BCUT2D eigenvalue weighted by molar-refractivity contribution is 0.0727. The molecule has 0 bridgehead atoms. The summed E-state index contributed by atoms with van der Waals surface area (Å²) in [6.07, 6.45) is 4.94. The van der Waals surface area contributed by atoms with Gasteiger partial charge in [0.05, 0.1) is 18.1 Å². The number of pyridine rings is 2. The number of aromatic nitrogens is 2. The molecular formula is C16H20N4. The Morgan fingerprint density at radius 3 is 1.80 bits per heavy atom. The topological polar surface area (TPSA) is 32.3 Å². The Labute approximate surface area is 120 Å². The van der Waals surface area contributed by atoms with Gasteiger partial charge in [-0.1, -0.05) is 12.1 Å². The number of hydrogen-bond acceptors (Lipinski definition) is 4. The van der Waals surface area contributed by atoms with E-state index in [2.05, 4.69) is 44.0 Å². The van der Waals surface area contributed by atoms with Crippen molar-refractivity contribution in [3.8, 4) is 0 Å². The van der Waals surface area contributed by atoms with E-state index in [0.29, 0.717) is 0 Å². The van der Waals surface area contributed by atoms with E-state index >= 15 is 0 Å². The van der Waals surface area contributed by atoms with Crippen LogP contribution in [0.2, 0.25) is 0 Å². The highest BCUT2D eigenvalue weighted by Gasteiger charge is 2.18. The highest BCUT2D eigenvalue weighted by molar-refractivity contribution is 5.04. The lowest BCUT2D eigenvalue weighted by Gasteiger charge is -2.35. The van der Waals surface area contributed by atoms with Gasteiger partial charge in [0, 0.05) is 38.6 Å². The summed E-state index contributed by atoms with van der Waals surface area (Å²) in [6, 6.07) is 12.2. The Morgan fingerprint density at radius 2 is 1.35 bits per heavy atom. The fraction of sp³-hybridized carbons (Fsp3) is 0.375. The molecule has 0 spiro atoms. The monoisotopic (exact) mass is 268 g/mol. The van der Waals surface area contributed by atoms with Crippen LogP contribution in [0.1, 0.15) is 17.8 Å². The van der Waals surface area contributed by atoms with Crippen molar-refractivity contribution in [1.29, 1.82) is 0 Å². The predicted octanol–water partition coefficient (Wildman–Crippen LogP) is 2.14. The molecular weight excluding hydrogens is 248 g/mol. The molecule has 0 N–H and O–H groups in total. The van der Waals surface area contributed by atoms with Crippen LogP contribution in [0, 0.1) is 0 Å². The SMILES string of the molecule is c1ccc(CN2CCCN(Cc3ccccn3)C2)nc1. The lowest BCUT2D eigenvalue weighted by Crippen LogP contribution is -2.44. The summed E-state index contributed by atoms with van der Waals surface area (Å²) in [7, 11) is 0. The first kappa shape index (κ1) is 13.2. The van der Waals surface area contributed by atoms with E-state index in [1.165, 1.54) is 6.42 Å². The fourth-order valence-electron chi connectivity index (χ4n) is 2.64. The first-order valence-electron chi connectivity index (χ1n) is 7.15. The molecule has 3 heterocycles. The molecule has 4 heteroatoms. The normalized spacial score (nSPS) is 17.2. The van der Waals surface area contributed by atoms with Gasteiger partial charge in [0.15, 0.2) is 0 Å². The van der Waals surface area contributed by atoms with Crippen molar-refractivity contribution in [1.82, 2.24) is 19.8 Å². The van der Waals surface area contributed by atoms with Crippen LogP contribution in [-0.2, 0) is 13.1 Å². The average Bonchev–Trinajstić information content (AvgIpc) is 2.50. The second-order valence-corrected chi connectivity index (χ2v) is 5.24. The van der Waals surface area contributed by atoms with Crippen LogP contribution >= 0.6 is 0 Å². The van der Waals surface area contributed by atoms with E-state index in [1.54, 1.807) is 0 Å². The van der Waals surface area contributed by atoms with E-state index in [0.717, 1.165) is 44.2 Å². The molecule has 0 aromatic carbocycles. The molecule has 104 valence electrons. The van der Waals surface area contributed by atoms with Crippen LogP contribution in [0.4, 0.5) is 0 Å². The minimum Gasteiger partial charge on any atom is -0.285 e. The molecule has 4 nitrogen and oxygen atoms in total. The predicted molar refractivity (Wildman–Crippen MR) is 78.8 cm³/mol. The zero-order valence-electron chi connectivity index (χ0n) is 11.7. The molecule has 0 aliphatic carbocycles. The molecule has 2 aromatic heterocycles. The molecule has 0 unspecified atom stereocenters. The second kappa shape index (κ2) is 6.59. The first-order valence-corrected chi connectivity index (χ1v) is 7.15. The summed E-state index contributed by atoms with van der Waals surface area (Å²) in [5.74, 6) is 0. The highest BCUT2D eigenvalue weighted by atomic mass is 15.3. The van der Waals surface area contributed by atoms with Gasteiger partial charge < -0.3 is 0 Å². The summed E-state index contributed by atoms with van der Waals surface area (Å²) in [5, 5.41) is 0. The molecule has 2 aromatic rings. The number of rotatable bonds is 4. The Balaban J connectivity index is 1.57. The molecule has 0 atom stereocenters. The lowest BCUT2D eigenvalue weighted by atomic mass is 10.2. The molecule has 1 aliphatic heterocycles. The van der Waals surface area contributed by atoms with Gasteiger partial charge in [-0.15, -0.1) is 0 Å². The van der Waals surface area contributed by atoms with Gasteiger partial charge in [-0.2, -0.15) is 0 Å². The molecule has 0 radical (unpaired) electrons. The van der Waals surface area contributed by atoms with Crippen molar-refractivity contribution >= 4 is 0 Å². The van der Waals surface area contributed by atoms with Crippen molar-refractivity contribution < 1.29 is 0 Å². The van der Waals surface area contributed by atoms with Crippen molar-refractivity contribution in [2.75, 3.05) is 19.8 Å². The van der Waals surface area contributed by atoms with Crippen LogP contribution in [0.15, 0.2) is 48.8 Å². The van der Waals surface area contributed by atoms with Crippen molar-refractivity contribution in [3.63, 3.8) is 0 Å². The fourth-order valence-corrected chi connectivity index (χ4v) is 2.64. The maximum Gasteiger partial charge on any atom is 0.0544 e. The molecule has 0 saturated carbocycles. The van der Waals surface area contributed by atoms with E-state index in [9.17, 15) is 0 Å². The molecule has 0 amide bonds. The first-order chi connectivity index (χ1) is 9.90. The molecule has 1 fully saturated rings. The third kappa shape index (κ3) is 3.62. The Hall–Kier alpha value is -1.78. The average molecular weight is 268 g/mol. The summed E-state index contributed by atoms with van der Waals surface area (Å²) in [5.41, 5.74) is 2.29. The molecule has 1 saturated heterocycles. The third-order valence-electron chi connectivity index (χ3n) is 3.57. The van der Waals surface area contributed by atoms with Gasteiger partial charge in [-0.25, -0.2) is 0 Å². The van der Waals surface area contributed by atoms with Crippen molar-refractivity contribution in [2.45, 2.75) is 19.5 Å². The minimum atomic E-state index is 0.930.